The molecule has 0 aliphatic carbocycles. The predicted molar refractivity (Wildman–Crippen MR) is 75.5 cm³/mol. The highest BCUT2D eigenvalue weighted by molar-refractivity contribution is 7.80. The first-order chi connectivity index (χ1) is 8.08. The largest absolute Gasteiger partial charge is 0.388 e. The van der Waals surface area contributed by atoms with Crippen molar-refractivity contribution in [3.05, 3.63) is 17.5 Å². The van der Waals surface area contributed by atoms with Gasteiger partial charge in [0.25, 0.3) is 0 Å². The van der Waals surface area contributed by atoms with Crippen molar-refractivity contribution in [3.63, 3.8) is 0 Å². The Kier molecular flexibility index (Phi) is 5.28. The molecule has 2 N–H and O–H groups in total. The molecule has 1 heterocycles. The van der Waals surface area contributed by atoms with Gasteiger partial charge in [-0.2, -0.15) is 0 Å². The van der Waals surface area contributed by atoms with Crippen LogP contribution in [0.2, 0.25) is 0 Å². The van der Waals surface area contributed by atoms with Gasteiger partial charge in [0, 0.05) is 18.8 Å². The van der Waals surface area contributed by atoms with Crippen LogP contribution in [0.1, 0.15) is 38.1 Å². The second-order valence-corrected chi connectivity index (χ2v) is 4.49. The van der Waals surface area contributed by atoms with Crippen molar-refractivity contribution in [2.75, 3.05) is 18.0 Å². The third kappa shape index (κ3) is 3.93. The van der Waals surface area contributed by atoms with Gasteiger partial charge in [0.15, 0.2) is 0 Å². The van der Waals surface area contributed by atoms with Crippen LogP contribution < -0.4 is 10.6 Å². The summed E-state index contributed by atoms with van der Waals surface area (Å²) in [6.07, 6.45) is 2.14. The predicted octanol–water partition coefficient (Wildman–Crippen LogP) is 2.05. The monoisotopic (exact) mass is 252 g/mol. The van der Waals surface area contributed by atoms with Crippen LogP contribution >= 0.6 is 12.2 Å². The smallest absolute Gasteiger partial charge is 0.226 e. The minimum Gasteiger partial charge on any atom is -0.388 e. The molecule has 17 heavy (non-hydrogen) atoms. The Labute approximate surface area is 108 Å². The molecular formula is C12H20N4S. The molecule has 0 bridgehead atoms. The molecule has 0 radical (unpaired) electrons. The molecule has 1 aromatic rings. The van der Waals surface area contributed by atoms with Gasteiger partial charge in [-0.1, -0.05) is 26.1 Å². The summed E-state index contributed by atoms with van der Waals surface area (Å²) >= 11 is 4.97. The summed E-state index contributed by atoms with van der Waals surface area (Å²) in [6.45, 7) is 8.13. The SMILES string of the molecule is CCCN(CCC)c1nc(C)cc(C(N)=S)n1. The average Bonchev–Trinajstić information content (AvgIpc) is 2.28. The number of nitrogens with two attached hydrogens (primary N) is 1. The van der Waals surface area contributed by atoms with E-state index in [1.54, 1.807) is 0 Å². The number of nitrogens with zero attached hydrogens (tertiary/aromatic N) is 3. The summed E-state index contributed by atoms with van der Waals surface area (Å²) in [5.41, 5.74) is 7.17. The van der Waals surface area contributed by atoms with Crippen LogP contribution in [-0.4, -0.2) is 28.0 Å². The van der Waals surface area contributed by atoms with Crippen molar-refractivity contribution in [2.24, 2.45) is 5.73 Å². The fourth-order valence-electron chi connectivity index (χ4n) is 1.67. The minimum atomic E-state index is 0.324. The highest BCUT2D eigenvalue weighted by Gasteiger charge is 2.10. The van der Waals surface area contributed by atoms with Gasteiger partial charge in [-0.25, -0.2) is 9.97 Å². The molecule has 5 heteroatoms. The maximum atomic E-state index is 5.62. The van der Waals surface area contributed by atoms with E-state index in [9.17, 15) is 0 Å². The number of aromatic nitrogens is 2. The molecule has 1 rings (SSSR count). The molecule has 0 spiro atoms. The van der Waals surface area contributed by atoms with E-state index in [2.05, 4.69) is 28.7 Å². The maximum Gasteiger partial charge on any atom is 0.226 e. The van der Waals surface area contributed by atoms with Crippen LogP contribution in [0, 0.1) is 6.92 Å². The van der Waals surface area contributed by atoms with E-state index in [1.807, 2.05) is 13.0 Å². The second kappa shape index (κ2) is 6.49. The lowest BCUT2D eigenvalue weighted by Gasteiger charge is -2.22. The molecule has 0 fully saturated rings. The molecule has 0 aliphatic rings. The first-order valence-corrected chi connectivity index (χ1v) is 6.39. The van der Waals surface area contributed by atoms with Gasteiger partial charge in [0.1, 0.15) is 10.7 Å². The Bertz CT molecular complexity index is 386. The van der Waals surface area contributed by atoms with Gasteiger partial charge < -0.3 is 10.6 Å². The fraction of sp³-hybridized carbons (Fsp3) is 0.583. The normalized spacial score (nSPS) is 10.3. The van der Waals surface area contributed by atoms with Crippen molar-refractivity contribution in [1.29, 1.82) is 0 Å². The molecule has 4 nitrogen and oxygen atoms in total. The summed E-state index contributed by atoms with van der Waals surface area (Å²) in [4.78, 5) is 11.4. The van der Waals surface area contributed by atoms with Crippen LogP contribution in [0.4, 0.5) is 5.95 Å². The molecule has 94 valence electrons. The summed E-state index contributed by atoms with van der Waals surface area (Å²) in [6, 6.07) is 1.82. The van der Waals surface area contributed by atoms with Crippen molar-refractivity contribution in [3.8, 4) is 0 Å². The first kappa shape index (κ1) is 13.8. The molecule has 0 aliphatic heterocycles. The van der Waals surface area contributed by atoms with Crippen LogP contribution in [0.15, 0.2) is 6.07 Å². The number of thiocarbonyl (C=S) groups is 1. The maximum absolute atomic E-state index is 5.62. The third-order valence-electron chi connectivity index (χ3n) is 2.36. The van der Waals surface area contributed by atoms with Crippen LogP contribution in [-0.2, 0) is 0 Å². The lowest BCUT2D eigenvalue weighted by atomic mass is 10.3. The molecule has 0 atom stereocenters. The Balaban J connectivity index is 3.04. The lowest BCUT2D eigenvalue weighted by molar-refractivity contribution is 0.718. The van der Waals surface area contributed by atoms with Crippen LogP contribution in [0.5, 0.6) is 0 Å². The molecule has 0 saturated heterocycles. The number of hydrogen-bond donors (Lipinski definition) is 1. The van der Waals surface area contributed by atoms with Crippen molar-refractivity contribution in [1.82, 2.24) is 9.97 Å². The number of rotatable bonds is 6. The Morgan fingerprint density at radius 3 is 2.35 bits per heavy atom. The van der Waals surface area contributed by atoms with Crippen molar-refractivity contribution in [2.45, 2.75) is 33.6 Å². The first-order valence-electron chi connectivity index (χ1n) is 5.98. The Hall–Kier alpha value is -1.23. The van der Waals surface area contributed by atoms with Gasteiger partial charge in [0.05, 0.1) is 0 Å². The van der Waals surface area contributed by atoms with E-state index in [-0.39, 0.29) is 0 Å². The van der Waals surface area contributed by atoms with Gasteiger partial charge >= 0.3 is 0 Å². The Morgan fingerprint density at radius 2 is 1.88 bits per heavy atom. The summed E-state index contributed by atoms with van der Waals surface area (Å²) in [5.74, 6) is 0.733. The molecule has 0 saturated carbocycles. The number of anilines is 1. The average molecular weight is 252 g/mol. The molecule has 0 amide bonds. The van der Waals surface area contributed by atoms with E-state index >= 15 is 0 Å². The summed E-state index contributed by atoms with van der Waals surface area (Å²) < 4.78 is 0. The molecule has 0 aromatic carbocycles. The van der Waals surface area contributed by atoms with Crippen LogP contribution in [0.25, 0.3) is 0 Å². The number of hydrogen-bond acceptors (Lipinski definition) is 4. The van der Waals surface area contributed by atoms with E-state index in [0.717, 1.165) is 37.6 Å². The standard InChI is InChI=1S/C12H20N4S/c1-4-6-16(7-5-2)12-14-9(3)8-10(15-12)11(13)17/h8H,4-7H2,1-3H3,(H2,13,17). The highest BCUT2D eigenvalue weighted by atomic mass is 32.1. The fourth-order valence-corrected chi connectivity index (χ4v) is 1.78. The van der Waals surface area contributed by atoms with Gasteiger partial charge in [-0.15, -0.1) is 0 Å². The van der Waals surface area contributed by atoms with Gasteiger partial charge in [0.2, 0.25) is 5.95 Å². The van der Waals surface area contributed by atoms with Crippen molar-refractivity contribution >= 4 is 23.2 Å². The van der Waals surface area contributed by atoms with Gasteiger partial charge in [-0.3, -0.25) is 0 Å². The highest BCUT2D eigenvalue weighted by Crippen LogP contribution is 2.11. The van der Waals surface area contributed by atoms with Crippen LogP contribution in [0.3, 0.4) is 0 Å². The quantitative estimate of drug-likeness (QED) is 0.785. The zero-order valence-electron chi connectivity index (χ0n) is 10.7. The molecular weight excluding hydrogens is 232 g/mol. The van der Waals surface area contributed by atoms with Gasteiger partial charge in [-0.05, 0) is 25.8 Å². The van der Waals surface area contributed by atoms with E-state index in [4.69, 9.17) is 18.0 Å². The van der Waals surface area contributed by atoms with E-state index in [0.29, 0.717) is 10.7 Å². The van der Waals surface area contributed by atoms with E-state index in [1.165, 1.54) is 0 Å². The minimum absolute atomic E-state index is 0.324. The third-order valence-corrected chi connectivity index (χ3v) is 2.57. The zero-order valence-corrected chi connectivity index (χ0v) is 11.5. The zero-order chi connectivity index (χ0) is 12.8. The molecule has 1 aromatic heterocycles. The number of aryl methyl sites for hydroxylation is 1. The molecule has 0 unspecified atom stereocenters. The summed E-state index contributed by atoms with van der Waals surface area (Å²) in [5, 5.41) is 0. The van der Waals surface area contributed by atoms with E-state index < -0.39 is 0 Å². The lowest BCUT2D eigenvalue weighted by Crippen LogP contribution is -2.28. The van der Waals surface area contributed by atoms with Crippen molar-refractivity contribution < 1.29 is 0 Å². The topological polar surface area (TPSA) is 55.0 Å². The summed E-state index contributed by atoms with van der Waals surface area (Å²) in [7, 11) is 0. The Morgan fingerprint density at radius 1 is 1.29 bits per heavy atom. The second-order valence-electron chi connectivity index (χ2n) is 4.05.